The minimum atomic E-state index is 0.310. The molecular weight excluding hydrogens is 166 g/mol. The van der Waals surface area contributed by atoms with Crippen molar-refractivity contribution in [2.45, 2.75) is 19.8 Å². The van der Waals surface area contributed by atoms with E-state index >= 15 is 0 Å². The zero-order chi connectivity index (χ0) is 9.26. The molecule has 0 amide bonds. The van der Waals surface area contributed by atoms with E-state index < -0.39 is 0 Å². The lowest BCUT2D eigenvalue weighted by atomic mass is 10.1. The fraction of sp³-hybridized carbons (Fsp3) is 0.400. The average Bonchev–Trinajstić information content (AvgIpc) is 2.52. The molecule has 0 fully saturated rings. The number of nitrogen functional groups attached to an aromatic ring is 1. The monoisotopic (exact) mass is 179 g/mol. The average molecular weight is 179 g/mol. The molecule has 1 aromatic rings. The number of hydrogen-bond donors (Lipinski definition) is 1. The highest BCUT2D eigenvalue weighted by molar-refractivity contribution is 5.58. The second kappa shape index (κ2) is 3.17. The van der Waals surface area contributed by atoms with Crippen LogP contribution in [0.3, 0.4) is 0 Å². The standard InChI is InChI=1S/C10H13NO2/c1-2-3-7-4-9-10(5-8(7)11)13-6-12-9/h4-5H,2-3,6,11H2,1H3. The molecule has 0 bridgehead atoms. The van der Waals surface area contributed by atoms with Gasteiger partial charge in [0.2, 0.25) is 6.79 Å². The van der Waals surface area contributed by atoms with Crippen molar-refractivity contribution in [1.29, 1.82) is 0 Å². The third-order valence-electron chi connectivity index (χ3n) is 2.15. The van der Waals surface area contributed by atoms with Crippen LogP contribution in [-0.2, 0) is 6.42 Å². The number of nitrogens with two attached hydrogens (primary N) is 1. The molecule has 1 aromatic carbocycles. The Labute approximate surface area is 77.5 Å². The summed E-state index contributed by atoms with van der Waals surface area (Å²) in [6, 6.07) is 3.81. The Morgan fingerprint density at radius 3 is 2.69 bits per heavy atom. The summed E-state index contributed by atoms with van der Waals surface area (Å²) in [5.41, 5.74) is 7.79. The lowest BCUT2D eigenvalue weighted by Gasteiger charge is -2.05. The smallest absolute Gasteiger partial charge is 0.231 e. The second-order valence-corrected chi connectivity index (χ2v) is 3.15. The Morgan fingerprint density at radius 1 is 1.31 bits per heavy atom. The maximum Gasteiger partial charge on any atom is 0.231 e. The maximum atomic E-state index is 5.84. The number of anilines is 1. The normalized spacial score (nSPS) is 13.3. The van der Waals surface area contributed by atoms with Gasteiger partial charge in [-0.05, 0) is 18.1 Å². The maximum absolute atomic E-state index is 5.84. The van der Waals surface area contributed by atoms with E-state index in [0.717, 1.165) is 35.6 Å². The number of hydrogen-bond acceptors (Lipinski definition) is 3. The van der Waals surface area contributed by atoms with Gasteiger partial charge in [0.05, 0.1) is 0 Å². The topological polar surface area (TPSA) is 44.5 Å². The molecule has 3 nitrogen and oxygen atoms in total. The number of ether oxygens (including phenoxy) is 2. The third kappa shape index (κ3) is 1.41. The molecule has 0 aromatic heterocycles. The summed E-state index contributed by atoms with van der Waals surface area (Å²) in [6.07, 6.45) is 2.08. The Hall–Kier alpha value is -1.38. The Morgan fingerprint density at radius 2 is 2.00 bits per heavy atom. The van der Waals surface area contributed by atoms with Crippen LogP contribution in [0.2, 0.25) is 0 Å². The molecule has 70 valence electrons. The van der Waals surface area contributed by atoms with E-state index in [1.54, 1.807) is 0 Å². The van der Waals surface area contributed by atoms with Crippen molar-refractivity contribution in [3.05, 3.63) is 17.7 Å². The number of benzene rings is 1. The van der Waals surface area contributed by atoms with Crippen molar-refractivity contribution in [2.24, 2.45) is 0 Å². The first-order valence-electron chi connectivity index (χ1n) is 4.49. The molecule has 0 atom stereocenters. The number of aryl methyl sites for hydroxylation is 1. The predicted octanol–water partition coefficient (Wildman–Crippen LogP) is 1.95. The first-order valence-corrected chi connectivity index (χ1v) is 4.49. The van der Waals surface area contributed by atoms with Crippen LogP contribution in [0.25, 0.3) is 0 Å². The van der Waals surface area contributed by atoms with Crippen molar-refractivity contribution in [3.8, 4) is 11.5 Å². The van der Waals surface area contributed by atoms with Crippen molar-refractivity contribution in [1.82, 2.24) is 0 Å². The molecular formula is C10H13NO2. The molecule has 3 heteroatoms. The van der Waals surface area contributed by atoms with Crippen LogP contribution in [-0.4, -0.2) is 6.79 Å². The van der Waals surface area contributed by atoms with E-state index in [1.807, 2.05) is 12.1 Å². The molecule has 0 saturated carbocycles. The Balaban J connectivity index is 2.37. The summed E-state index contributed by atoms with van der Waals surface area (Å²) >= 11 is 0. The highest BCUT2D eigenvalue weighted by Gasteiger charge is 2.15. The van der Waals surface area contributed by atoms with Gasteiger partial charge in [-0.1, -0.05) is 13.3 Å². The molecule has 0 spiro atoms. The Kier molecular flexibility index (Phi) is 2.00. The van der Waals surface area contributed by atoms with Crippen LogP contribution >= 0.6 is 0 Å². The molecule has 2 rings (SSSR count). The second-order valence-electron chi connectivity index (χ2n) is 3.15. The van der Waals surface area contributed by atoms with Crippen molar-refractivity contribution >= 4 is 5.69 Å². The van der Waals surface area contributed by atoms with E-state index in [0.29, 0.717) is 6.79 Å². The molecule has 0 unspecified atom stereocenters. The fourth-order valence-electron chi connectivity index (χ4n) is 1.49. The molecule has 2 N–H and O–H groups in total. The highest BCUT2D eigenvalue weighted by atomic mass is 16.7. The minimum absolute atomic E-state index is 0.310. The first kappa shape index (κ1) is 8.23. The zero-order valence-electron chi connectivity index (χ0n) is 7.67. The summed E-state index contributed by atoms with van der Waals surface area (Å²) in [5.74, 6) is 1.58. The quantitative estimate of drug-likeness (QED) is 0.706. The fourth-order valence-corrected chi connectivity index (χ4v) is 1.49. The van der Waals surface area contributed by atoms with Gasteiger partial charge in [-0.25, -0.2) is 0 Å². The van der Waals surface area contributed by atoms with Gasteiger partial charge in [-0.2, -0.15) is 0 Å². The van der Waals surface area contributed by atoms with Crippen LogP contribution in [0.15, 0.2) is 12.1 Å². The molecule has 0 aliphatic carbocycles. The number of fused-ring (bicyclic) bond motifs is 1. The molecule has 0 saturated heterocycles. The molecule has 13 heavy (non-hydrogen) atoms. The minimum Gasteiger partial charge on any atom is -0.454 e. The highest BCUT2D eigenvalue weighted by Crippen LogP contribution is 2.36. The molecule has 1 aliphatic rings. The molecule has 1 aliphatic heterocycles. The van der Waals surface area contributed by atoms with E-state index in [2.05, 4.69) is 6.92 Å². The lowest BCUT2D eigenvalue weighted by molar-refractivity contribution is 0.174. The van der Waals surface area contributed by atoms with Gasteiger partial charge in [0.15, 0.2) is 11.5 Å². The van der Waals surface area contributed by atoms with Gasteiger partial charge >= 0.3 is 0 Å². The summed E-state index contributed by atoms with van der Waals surface area (Å²) in [4.78, 5) is 0. The number of rotatable bonds is 2. The molecule has 1 heterocycles. The largest absolute Gasteiger partial charge is 0.454 e. The van der Waals surface area contributed by atoms with Crippen LogP contribution in [0.4, 0.5) is 5.69 Å². The SMILES string of the molecule is CCCc1cc2c(cc1N)OCO2. The van der Waals surface area contributed by atoms with Crippen LogP contribution in [0, 0.1) is 0 Å². The van der Waals surface area contributed by atoms with E-state index in [9.17, 15) is 0 Å². The van der Waals surface area contributed by atoms with Crippen molar-refractivity contribution in [3.63, 3.8) is 0 Å². The van der Waals surface area contributed by atoms with Crippen LogP contribution < -0.4 is 15.2 Å². The first-order chi connectivity index (χ1) is 6.31. The van der Waals surface area contributed by atoms with E-state index in [1.165, 1.54) is 0 Å². The lowest BCUT2D eigenvalue weighted by Crippen LogP contribution is -1.93. The Bertz CT molecular complexity index is 323. The van der Waals surface area contributed by atoms with Gasteiger partial charge in [0, 0.05) is 11.8 Å². The predicted molar refractivity (Wildman–Crippen MR) is 51.0 cm³/mol. The summed E-state index contributed by atoms with van der Waals surface area (Å²) in [7, 11) is 0. The third-order valence-corrected chi connectivity index (χ3v) is 2.15. The van der Waals surface area contributed by atoms with Crippen LogP contribution in [0.5, 0.6) is 11.5 Å². The summed E-state index contributed by atoms with van der Waals surface area (Å²) in [5, 5.41) is 0. The summed E-state index contributed by atoms with van der Waals surface area (Å²) in [6.45, 7) is 2.44. The van der Waals surface area contributed by atoms with Gasteiger partial charge in [-0.15, -0.1) is 0 Å². The van der Waals surface area contributed by atoms with Gasteiger partial charge in [-0.3, -0.25) is 0 Å². The summed E-state index contributed by atoms with van der Waals surface area (Å²) < 4.78 is 10.5. The van der Waals surface area contributed by atoms with Crippen molar-refractivity contribution in [2.75, 3.05) is 12.5 Å². The van der Waals surface area contributed by atoms with E-state index in [4.69, 9.17) is 15.2 Å². The van der Waals surface area contributed by atoms with Crippen molar-refractivity contribution < 1.29 is 9.47 Å². The zero-order valence-corrected chi connectivity index (χ0v) is 7.67. The van der Waals surface area contributed by atoms with Gasteiger partial charge in [0.25, 0.3) is 0 Å². The van der Waals surface area contributed by atoms with Gasteiger partial charge in [0.1, 0.15) is 0 Å². The van der Waals surface area contributed by atoms with Crippen LogP contribution in [0.1, 0.15) is 18.9 Å². The van der Waals surface area contributed by atoms with E-state index in [-0.39, 0.29) is 0 Å². The molecule has 0 radical (unpaired) electrons. The van der Waals surface area contributed by atoms with Gasteiger partial charge < -0.3 is 15.2 Å².